The molecular weight excluding hydrogens is 467 g/mol. The van der Waals surface area contributed by atoms with Gasteiger partial charge in [0.1, 0.15) is 30.5 Å². The van der Waals surface area contributed by atoms with Crippen LogP contribution in [0.15, 0.2) is 48.8 Å². The van der Waals surface area contributed by atoms with Gasteiger partial charge in [0.25, 0.3) is 11.8 Å². The number of likely N-dealkylation sites (N-methyl/N-ethyl adjacent to an activating group) is 1. The Morgan fingerprint density at radius 3 is 2.81 bits per heavy atom. The van der Waals surface area contributed by atoms with Crippen LogP contribution in [0.4, 0.5) is 15.8 Å². The molecule has 2 amide bonds. The molecule has 1 aromatic heterocycles. The van der Waals surface area contributed by atoms with Gasteiger partial charge in [0.05, 0.1) is 24.0 Å². The Balaban J connectivity index is 1.29. The molecule has 0 spiro atoms. The van der Waals surface area contributed by atoms with Crippen LogP contribution in [0, 0.1) is 5.82 Å². The van der Waals surface area contributed by atoms with Crippen molar-refractivity contribution in [1.29, 1.82) is 0 Å². The van der Waals surface area contributed by atoms with E-state index in [-0.39, 0.29) is 18.5 Å². The lowest BCUT2D eigenvalue weighted by atomic mass is 10.2. The molecule has 188 valence electrons. The van der Waals surface area contributed by atoms with Gasteiger partial charge in [-0.15, -0.1) is 5.10 Å². The molecule has 1 fully saturated rings. The van der Waals surface area contributed by atoms with Gasteiger partial charge in [-0.3, -0.25) is 9.59 Å². The van der Waals surface area contributed by atoms with Crippen molar-refractivity contribution in [2.75, 3.05) is 43.7 Å². The molecule has 0 radical (unpaired) electrons. The second kappa shape index (κ2) is 9.94. The predicted octanol–water partition coefficient (Wildman–Crippen LogP) is 1.84. The van der Waals surface area contributed by atoms with Gasteiger partial charge in [-0.05, 0) is 12.0 Å². The van der Waals surface area contributed by atoms with E-state index >= 15 is 4.39 Å². The number of fused-ring (bicyclic) bond motifs is 1. The van der Waals surface area contributed by atoms with Crippen molar-refractivity contribution in [2.24, 2.45) is 0 Å². The van der Waals surface area contributed by atoms with Gasteiger partial charge in [0, 0.05) is 39.4 Å². The number of carbonyl (C=O) groups is 2. The Hall–Kier alpha value is -3.99. The summed E-state index contributed by atoms with van der Waals surface area (Å²) in [6, 6.07) is 11.6. The van der Waals surface area contributed by atoms with Crippen LogP contribution in [-0.2, 0) is 16.1 Å². The molecule has 5 rings (SSSR count). The van der Waals surface area contributed by atoms with E-state index in [9.17, 15) is 9.59 Å². The lowest BCUT2D eigenvalue weighted by molar-refractivity contribution is -0.120. The monoisotopic (exact) mass is 494 g/mol. The van der Waals surface area contributed by atoms with E-state index in [4.69, 9.17) is 9.47 Å². The maximum absolute atomic E-state index is 15.0. The van der Waals surface area contributed by atoms with Crippen LogP contribution in [-0.4, -0.2) is 72.6 Å². The largest absolute Gasteiger partial charge is 0.489 e. The Kier molecular flexibility index (Phi) is 6.55. The molecule has 3 heterocycles. The lowest BCUT2D eigenvalue weighted by Crippen LogP contribution is -2.49. The quantitative estimate of drug-likeness (QED) is 0.558. The number of rotatable bonds is 6. The normalized spacial score (nSPS) is 19.6. The average Bonchev–Trinajstić information content (AvgIpc) is 3.54. The number of nitrogens with one attached hydrogen (secondary N) is 1. The van der Waals surface area contributed by atoms with E-state index < -0.39 is 23.7 Å². The second-order valence-corrected chi connectivity index (χ2v) is 8.85. The van der Waals surface area contributed by atoms with Gasteiger partial charge in [-0.2, -0.15) is 0 Å². The first-order chi connectivity index (χ1) is 17.4. The molecule has 36 heavy (non-hydrogen) atoms. The number of anilines is 2. The number of amides is 2. The number of ether oxygens (including phenoxy) is 2. The van der Waals surface area contributed by atoms with Gasteiger partial charge < -0.3 is 24.6 Å². The lowest BCUT2D eigenvalue weighted by Gasteiger charge is -2.23. The minimum Gasteiger partial charge on any atom is -0.489 e. The van der Waals surface area contributed by atoms with Crippen molar-refractivity contribution in [2.45, 2.75) is 25.1 Å². The van der Waals surface area contributed by atoms with Crippen LogP contribution in [0.1, 0.15) is 22.6 Å². The number of halogens is 1. The molecule has 3 aromatic rings. The zero-order chi connectivity index (χ0) is 25.2. The number of nitrogens with zero attached hydrogens (tertiary/aromatic N) is 5. The van der Waals surface area contributed by atoms with E-state index in [0.717, 1.165) is 12.0 Å². The first-order valence-electron chi connectivity index (χ1n) is 11.7. The van der Waals surface area contributed by atoms with Crippen LogP contribution in [0.25, 0.3) is 0 Å². The van der Waals surface area contributed by atoms with Crippen molar-refractivity contribution in [3.8, 4) is 5.75 Å². The minimum absolute atomic E-state index is 0.0396. The summed E-state index contributed by atoms with van der Waals surface area (Å²) >= 11 is 0. The molecule has 2 aliphatic heterocycles. The Labute approximate surface area is 207 Å². The van der Waals surface area contributed by atoms with Crippen molar-refractivity contribution < 1.29 is 23.5 Å². The maximum atomic E-state index is 15.0. The minimum atomic E-state index is -0.993. The first kappa shape index (κ1) is 23.7. The van der Waals surface area contributed by atoms with E-state index in [1.54, 1.807) is 17.9 Å². The third kappa shape index (κ3) is 4.74. The van der Waals surface area contributed by atoms with Gasteiger partial charge in [-0.25, -0.2) is 14.1 Å². The summed E-state index contributed by atoms with van der Waals surface area (Å²) < 4.78 is 27.8. The summed E-state index contributed by atoms with van der Waals surface area (Å²) in [5.41, 5.74) is 1.70. The Morgan fingerprint density at radius 1 is 1.25 bits per heavy atom. The molecule has 2 aromatic carbocycles. The fraction of sp³-hybridized carbons (Fsp3) is 0.360. The van der Waals surface area contributed by atoms with Crippen molar-refractivity contribution in [3.63, 3.8) is 0 Å². The fourth-order valence-corrected chi connectivity index (χ4v) is 4.46. The number of hydrogen-bond acceptors (Lipinski definition) is 7. The van der Waals surface area contributed by atoms with Crippen LogP contribution in [0.5, 0.6) is 5.75 Å². The summed E-state index contributed by atoms with van der Waals surface area (Å²) in [7, 11) is 3.17. The highest BCUT2D eigenvalue weighted by Gasteiger charge is 2.33. The summed E-state index contributed by atoms with van der Waals surface area (Å²) in [5, 5.41) is 6.87. The molecule has 2 aliphatic rings. The summed E-state index contributed by atoms with van der Waals surface area (Å²) in [6.07, 6.45) is 2.31. The molecule has 0 saturated carbocycles. The number of methoxy groups -OCH3 is 1. The number of benzene rings is 2. The highest BCUT2D eigenvalue weighted by molar-refractivity contribution is 6.02. The first-order valence-corrected chi connectivity index (χ1v) is 11.7. The third-order valence-corrected chi connectivity index (χ3v) is 6.48. The molecule has 0 bridgehead atoms. The zero-order valence-corrected chi connectivity index (χ0v) is 20.1. The molecule has 1 saturated heterocycles. The van der Waals surface area contributed by atoms with Gasteiger partial charge in [0.15, 0.2) is 0 Å². The number of carbonyl (C=O) groups excluding carboxylic acids is 2. The molecule has 0 aliphatic carbocycles. The third-order valence-electron chi connectivity index (χ3n) is 6.48. The van der Waals surface area contributed by atoms with E-state index in [2.05, 4.69) is 15.4 Å². The molecule has 1 N–H and O–H groups in total. The van der Waals surface area contributed by atoms with Gasteiger partial charge in [-0.1, -0.05) is 30.3 Å². The van der Waals surface area contributed by atoms with E-state index in [0.29, 0.717) is 36.8 Å². The predicted molar refractivity (Wildman–Crippen MR) is 130 cm³/mol. The zero-order valence-electron chi connectivity index (χ0n) is 20.1. The Morgan fingerprint density at radius 2 is 2.06 bits per heavy atom. The Bertz CT molecular complexity index is 1270. The molecular formula is C25H27FN6O4. The van der Waals surface area contributed by atoms with E-state index in [1.165, 1.54) is 24.3 Å². The summed E-state index contributed by atoms with van der Waals surface area (Å²) in [5.74, 6) is -1.18. The summed E-state index contributed by atoms with van der Waals surface area (Å²) in [6.45, 7) is 1.58. The van der Waals surface area contributed by atoms with Gasteiger partial charge in [0.2, 0.25) is 5.82 Å². The van der Waals surface area contributed by atoms with Gasteiger partial charge >= 0.3 is 0 Å². The molecule has 2 atom stereocenters. The van der Waals surface area contributed by atoms with Crippen molar-refractivity contribution >= 4 is 23.2 Å². The highest BCUT2D eigenvalue weighted by atomic mass is 19.1. The van der Waals surface area contributed by atoms with E-state index in [1.807, 2.05) is 35.2 Å². The van der Waals surface area contributed by atoms with Crippen LogP contribution >= 0.6 is 0 Å². The summed E-state index contributed by atoms with van der Waals surface area (Å²) in [4.78, 5) is 33.2. The average molecular weight is 495 g/mol. The highest BCUT2D eigenvalue weighted by Crippen LogP contribution is 2.37. The SMILES string of the molecule is CO[C@H]1CCN(c2cc3c(cc2F)N(C)C(=O)[C@@H](NC(=O)c2ncn(Cc4ccccc4)n2)CO3)C1. The maximum Gasteiger partial charge on any atom is 0.291 e. The molecule has 0 unspecified atom stereocenters. The molecule has 10 nitrogen and oxygen atoms in total. The smallest absolute Gasteiger partial charge is 0.291 e. The number of hydrogen-bond donors (Lipinski definition) is 1. The van der Waals surface area contributed by atoms with Crippen molar-refractivity contribution in [3.05, 3.63) is 66.0 Å². The number of aromatic nitrogens is 3. The topological polar surface area (TPSA) is 102 Å². The van der Waals surface area contributed by atoms with Crippen LogP contribution in [0.3, 0.4) is 0 Å². The van der Waals surface area contributed by atoms with Crippen LogP contribution in [0.2, 0.25) is 0 Å². The van der Waals surface area contributed by atoms with Crippen molar-refractivity contribution in [1.82, 2.24) is 20.1 Å². The molecule has 11 heteroatoms. The fourth-order valence-electron chi connectivity index (χ4n) is 4.46. The van der Waals surface area contributed by atoms with Crippen LogP contribution < -0.4 is 19.9 Å². The standard InChI is InChI=1S/C25H27FN6O4/c1-30-21-10-18(26)20(31-9-8-17(13-31)35-2)11-22(21)36-14-19(25(30)34)28-24(33)23-27-15-32(29-23)12-16-6-4-3-5-7-16/h3-7,10-11,15,17,19H,8-9,12-14H2,1-2H3,(H,28,33)/t17-,19-/m0/s1. The second-order valence-electron chi connectivity index (χ2n) is 8.85.